The van der Waals surface area contributed by atoms with E-state index in [4.69, 9.17) is 0 Å². The van der Waals surface area contributed by atoms with Gasteiger partial charge in [-0.1, -0.05) is 0 Å². The molecule has 0 nitrogen and oxygen atoms in total. The van der Waals surface area contributed by atoms with E-state index in [2.05, 4.69) is 42.0 Å². The van der Waals surface area contributed by atoms with Crippen molar-refractivity contribution in [1.29, 1.82) is 0 Å². The molecule has 3 heterocycles. The van der Waals surface area contributed by atoms with Crippen LogP contribution in [0.25, 0.3) is 18.8 Å². The van der Waals surface area contributed by atoms with Gasteiger partial charge in [-0.25, -0.2) is 0 Å². The molecule has 0 saturated carbocycles. The number of fused-ring (bicyclic) bond motifs is 3. The zero-order valence-electron chi connectivity index (χ0n) is 10.7. The van der Waals surface area contributed by atoms with Crippen LogP contribution < -0.4 is 2.89 Å². The third-order valence-corrected chi connectivity index (χ3v) is 14.7. The molecule has 0 bridgehead atoms. The van der Waals surface area contributed by atoms with Gasteiger partial charge >= 0.3 is 122 Å². The summed E-state index contributed by atoms with van der Waals surface area (Å²) in [4.78, 5) is 6.48. The summed E-state index contributed by atoms with van der Waals surface area (Å²) in [6.45, 7) is 6.86. The molecule has 0 N–H and O–H groups in total. The zero-order chi connectivity index (χ0) is 12.3. The van der Waals surface area contributed by atoms with Crippen molar-refractivity contribution in [2.75, 3.05) is 0 Å². The first-order valence-electron chi connectivity index (χ1n) is 5.72. The SMILES string of the molecule is Cc1sc2c(sc3c(C)[c]([Sn]([CH3])[CH3])sc32)c1C. The van der Waals surface area contributed by atoms with Gasteiger partial charge in [0.05, 0.1) is 0 Å². The summed E-state index contributed by atoms with van der Waals surface area (Å²) < 4.78 is 8.03. The Labute approximate surface area is 121 Å². The van der Waals surface area contributed by atoms with Gasteiger partial charge in [0.15, 0.2) is 0 Å². The van der Waals surface area contributed by atoms with Crippen LogP contribution in [0.3, 0.4) is 0 Å². The van der Waals surface area contributed by atoms with Gasteiger partial charge in [-0.3, -0.25) is 0 Å². The maximum absolute atomic E-state index is 2.49. The number of aryl methyl sites for hydroxylation is 3. The summed E-state index contributed by atoms with van der Waals surface area (Å²) in [7, 11) is 0. The van der Waals surface area contributed by atoms with Crippen LogP contribution in [0.1, 0.15) is 16.0 Å². The molecular formula is C13H15S3Sn. The fourth-order valence-corrected chi connectivity index (χ4v) is 11.9. The Kier molecular flexibility index (Phi) is 3.09. The molecule has 0 aliphatic carbocycles. The van der Waals surface area contributed by atoms with Crippen molar-refractivity contribution in [3.05, 3.63) is 16.0 Å². The van der Waals surface area contributed by atoms with E-state index in [1.807, 2.05) is 22.7 Å². The first kappa shape index (κ1) is 12.5. The summed E-state index contributed by atoms with van der Waals surface area (Å²) in [5, 5.41) is 0. The van der Waals surface area contributed by atoms with E-state index in [1.54, 1.807) is 27.3 Å². The molecule has 0 saturated heterocycles. The quantitative estimate of drug-likeness (QED) is 0.513. The van der Waals surface area contributed by atoms with E-state index in [1.165, 1.54) is 10.4 Å². The Morgan fingerprint density at radius 1 is 0.706 bits per heavy atom. The van der Waals surface area contributed by atoms with Crippen LogP contribution in [0.15, 0.2) is 0 Å². The molecule has 17 heavy (non-hydrogen) atoms. The van der Waals surface area contributed by atoms with Crippen LogP contribution in [0.5, 0.6) is 0 Å². The standard InChI is InChI=1S/C11H9S3.2CH3.Sn/c1-5-4-12-10-8(5)14-9-6(2)7(3)13-11(9)10;;;/h1-3H3;2*1H3;. The molecule has 0 spiro atoms. The second-order valence-electron chi connectivity index (χ2n) is 4.76. The van der Waals surface area contributed by atoms with Crippen molar-refractivity contribution in [2.45, 2.75) is 30.7 Å². The number of hydrogen-bond donors (Lipinski definition) is 0. The minimum absolute atomic E-state index is 1.21. The summed E-state index contributed by atoms with van der Waals surface area (Å²) in [6.07, 6.45) is 0. The van der Waals surface area contributed by atoms with E-state index in [-0.39, 0.29) is 0 Å². The summed E-state index contributed by atoms with van der Waals surface area (Å²) in [6, 6.07) is 0. The summed E-state index contributed by atoms with van der Waals surface area (Å²) in [5.41, 5.74) is 3.11. The molecule has 3 aromatic heterocycles. The topological polar surface area (TPSA) is 0 Å². The molecule has 0 fully saturated rings. The van der Waals surface area contributed by atoms with Gasteiger partial charge in [0, 0.05) is 0 Å². The van der Waals surface area contributed by atoms with Crippen molar-refractivity contribution in [3.63, 3.8) is 0 Å². The first-order chi connectivity index (χ1) is 8.00. The molecule has 0 unspecified atom stereocenters. The van der Waals surface area contributed by atoms with Crippen molar-refractivity contribution in [2.24, 2.45) is 0 Å². The molecule has 4 heteroatoms. The third-order valence-electron chi connectivity index (χ3n) is 3.29. The molecule has 0 aliphatic heterocycles. The van der Waals surface area contributed by atoms with Gasteiger partial charge in [0.25, 0.3) is 0 Å². The molecule has 0 aromatic carbocycles. The molecule has 1 radical (unpaired) electrons. The van der Waals surface area contributed by atoms with Gasteiger partial charge in [0.2, 0.25) is 0 Å². The first-order valence-corrected chi connectivity index (χ1v) is 15.3. The Bertz CT molecular complexity index is 712. The van der Waals surface area contributed by atoms with Crippen molar-refractivity contribution in [1.82, 2.24) is 0 Å². The van der Waals surface area contributed by atoms with E-state index in [0.717, 1.165) is 0 Å². The second-order valence-corrected chi connectivity index (χ2v) is 16.2. The molecule has 0 aliphatic rings. The molecule has 89 valence electrons. The molecular weight excluding hydrogens is 371 g/mol. The Morgan fingerprint density at radius 3 is 1.94 bits per heavy atom. The van der Waals surface area contributed by atoms with Crippen LogP contribution in [0.4, 0.5) is 0 Å². The summed E-state index contributed by atoms with van der Waals surface area (Å²) in [5.74, 6) is 0. The van der Waals surface area contributed by atoms with E-state index in [0.29, 0.717) is 0 Å². The van der Waals surface area contributed by atoms with Crippen LogP contribution in [-0.2, 0) is 0 Å². The van der Waals surface area contributed by atoms with E-state index >= 15 is 0 Å². The third kappa shape index (κ3) is 1.73. The Hall–Kier alpha value is 0.419. The van der Waals surface area contributed by atoms with Gasteiger partial charge in [0.1, 0.15) is 0 Å². The number of rotatable bonds is 1. The molecule has 0 amide bonds. The van der Waals surface area contributed by atoms with E-state index in [9.17, 15) is 0 Å². The number of hydrogen-bond acceptors (Lipinski definition) is 3. The van der Waals surface area contributed by atoms with Gasteiger partial charge in [-0.05, 0) is 0 Å². The Morgan fingerprint density at radius 2 is 1.29 bits per heavy atom. The zero-order valence-corrected chi connectivity index (χ0v) is 16.0. The molecule has 0 atom stereocenters. The van der Waals surface area contributed by atoms with Gasteiger partial charge < -0.3 is 0 Å². The monoisotopic (exact) mass is 387 g/mol. The summed E-state index contributed by atoms with van der Waals surface area (Å²) >= 11 is 4.90. The van der Waals surface area contributed by atoms with E-state index < -0.39 is 19.8 Å². The van der Waals surface area contributed by atoms with Crippen LogP contribution in [-0.4, -0.2) is 19.8 Å². The molecule has 3 aromatic rings. The fraction of sp³-hybridized carbons (Fsp3) is 0.385. The van der Waals surface area contributed by atoms with Gasteiger partial charge in [-0.2, -0.15) is 0 Å². The van der Waals surface area contributed by atoms with Crippen LogP contribution in [0.2, 0.25) is 9.88 Å². The predicted octanol–water partition coefficient (Wildman–Crippen LogP) is 5.06. The maximum atomic E-state index is 2.49. The normalized spacial score (nSPS) is 12.4. The predicted molar refractivity (Wildman–Crippen MR) is 86.4 cm³/mol. The van der Waals surface area contributed by atoms with Gasteiger partial charge in [-0.15, -0.1) is 0 Å². The van der Waals surface area contributed by atoms with Crippen molar-refractivity contribution >= 4 is 75.5 Å². The Balaban J connectivity index is 2.43. The number of thiophene rings is 3. The fourth-order valence-electron chi connectivity index (χ4n) is 2.23. The average Bonchev–Trinajstić information content (AvgIpc) is 2.84. The van der Waals surface area contributed by atoms with Crippen LogP contribution >= 0.6 is 34.0 Å². The average molecular weight is 386 g/mol. The molecule has 3 rings (SSSR count). The van der Waals surface area contributed by atoms with Crippen molar-refractivity contribution in [3.8, 4) is 0 Å². The van der Waals surface area contributed by atoms with Crippen LogP contribution in [0, 0.1) is 20.8 Å². The second kappa shape index (κ2) is 4.22. The minimum atomic E-state index is -1.21. The van der Waals surface area contributed by atoms with Crippen molar-refractivity contribution < 1.29 is 0 Å².